The number of hydrogen-bond donors (Lipinski definition) is 2. The fraction of sp³-hybridized carbons (Fsp3) is 0.333. The topological polar surface area (TPSA) is 66.2 Å². The van der Waals surface area contributed by atoms with E-state index in [1.165, 1.54) is 17.0 Å². The summed E-state index contributed by atoms with van der Waals surface area (Å²) in [7, 11) is 0. The molecule has 1 atom stereocenters. The van der Waals surface area contributed by atoms with Crippen molar-refractivity contribution >= 4 is 5.82 Å². The highest BCUT2D eigenvalue weighted by atomic mass is 19.4. The second kappa shape index (κ2) is 8.27. The summed E-state index contributed by atoms with van der Waals surface area (Å²) < 4.78 is 54.1. The largest absolute Gasteiger partial charge is 0.401 e. The van der Waals surface area contributed by atoms with E-state index in [2.05, 4.69) is 15.4 Å². The average Bonchev–Trinajstić information content (AvgIpc) is 3.05. The Bertz CT molecular complexity index is 1060. The van der Waals surface area contributed by atoms with Crippen LogP contribution in [0.1, 0.15) is 12.6 Å². The molecule has 4 rings (SSSR count). The molecule has 0 amide bonds. The number of aliphatic hydroxyl groups is 1. The van der Waals surface area contributed by atoms with Crippen LogP contribution < -0.4 is 5.32 Å². The van der Waals surface area contributed by atoms with E-state index in [0.717, 1.165) is 0 Å². The van der Waals surface area contributed by atoms with Crippen molar-refractivity contribution in [3.8, 4) is 22.4 Å². The lowest BCUT2D eigenvalue weighted by atomic mass is 9.98. The SMILES string of the molecule is CC(O)Nc1cc(-c2c(-c3ccc(F)cc3)nn3c2CN(CC(F)(F)F)CC3)ccn1. The van der Waals surface area contributed by atoms with Crippen LogP contribution in [0.5, 0.6) is 0 Å². The minimum Gasteiger partial charge on any atom is -0.374 e. The highest BCUT2D eigenvalue weighted by Gasteiger charge is 2.34. The Kier molecular flexibility index (Phi) is 5.67. The van der Waals surface area contributed by atoms with E-state index >= 15 is 0 Å². The highest BCUT2D eigenvalue weighted by Crippen LogP contribution is 2.37. The van der Waals surface area contributed by atoms with E-state index in [4.69, 9.17) is 0 Å². The van der Waals surface area contributed by atoms with Crippen LogP contribution in [0.25, 0.3) is 22.4 Å². The molecular formula is C21H21F4N5O. The second-order valence-corrected chi connectivity index (χ2v) is 7.48. The first-order valence-corrected chi connectivity index (χ1v) is 9.75. The summed E-state index contributed by atoms with van der Waals surface area (Å²) in [5.74, 6) is 0.0263. The molecule has 0 aliphatic carbocycles. The van der Waals surface area contributed by atoms with Crippen molar-refractivity contribution < 1.29 is 22.7 Å². The first-order valence-electron chi connectivity index (χ1n) is 9.75. The molecule has 6 nitrogen and oxygen atoms in total. The summed E-state index contributed by atoms with van der Waals surface area (Å²) in [6.07, 6.45) is -3.58. The molecule has 0 fully saturated rings. The molecule has 1 aromatic carbocycles. The Morgan fingerprint density at radius 3 is 2.55 bits per heavy atom. The van der Waals surface area contributed by atoms with Crippen LogP contribution in [0.2, 0.25) is 0 Å². The normalized spacial score (nSPS) is 15.5. The van der Waals surface area contributed by atoms with E-state index < -0.39 is 24.8 Å². The van der Waals surface area contributed by atoms with Gasteiger partial charge in [-0.05, 0) is 48.9 Å². The minimum absolute atomic E-state index is 0.0739. The van der Waals surface area contributed by atoms with Gasteiger partial charge >= 0.3 is 6.18 Å². The van der Waals surface area contributed by atoms with Gasteiger partial charge in [0.25, 0.3) is 0 Å². The van der Waals surface area contributed by atoms with E-state index in [-0.39, 0.29) is 13.1 Å². The fourth-order valence-corrected chi connectivity index (χ4v) is 3.75. The van der Waals surface area contributed by atoms with Gasteiger partial charge in [-0.3, -0.25) is 9.58 Å². The number of halogens is 4. The maximum Gasteiger partial charge on any atom is 0.401 e. The predicted octanol–water partition coefficient (Wildman–Crippen LogP) is 3.88. The van der Waals surface area contributed by atoms with E-state index in [1.807, 2.05) is 0 Å². The number of fused-ring (bicyclic) bond motifs is 1. The molecule has 1 unspecified atom stereocenters. The number of aliphatic hydroxyl groups excluding tert-OH is 1. The van der Waals surface area contributed by atoms with Crippen molar-refractivity contribution in [2.24, 2.45) is 0 Å². The Labute approximate surface area is 176 Å². The molecular weight excluding hydrogens is 414 g/mol. The number of nitrogens with one attached hydrogen (secondary N) is 1. The lowest BCUT2D eigenvalue weighted by Gasteiger charge is -2.28. The van der Waals surface area contributed by atoms with Crippen LogP contribution in [0.15, 0.2) is 42.6 Å². The zero-order valence-corrected chi connectivity index (χ0v) is 16.7. The van der Waals surface area contributed by atoms with Gasteiger partial charge < -0.3 is 10.4 Å². The van der Waals surface area contributed by atoms with Gasteiger partial charge in [-0.1, -0.05) is 0 Å². The fourth-order valence-electron chi connectivity index (χ4n) is 3.75. The third-order valence-corrected chi connectivity index (χ3v) is 4.99. The molecule has 1 aliphatic rings. The molecule has 10 heteroatoms. The predicted molar refractivity (Wildman–Crippen MR) is 107 cm³/mol. The summed E-state index contributed by atoms with van der Waals surface area (Å²) in [5.41, 5.74) is 3.20. The Morgan fingerprint density at radius 1 is 1.13 bits per heavy atom. The van der Waals surface area contributed by atoms with Crippen molar-refractivity contribution in [3.63, 3.8) is 0 Å². The van der Waals surface area contributed by atoms with Crippen LogP contribution >= 0.6 is 0 Å². The maximum absolute atomic E-state index is 13.5. The van der Waals surface area contributed by atoms with Gasteiger partial charge in [0.2, 0.25) is 0 Å². The molecule has 2 N–H and O–H groups in total. The van der Waals surface area contributed by atoms with Crippen molar-refractivity contribution in [3.05, 3.63) is 54.1 Å². The maximum atomic E-state index is 13.5. The standard InChI is InChI=1S/C21H21F4N5O/c1-13(31)27-18-10-15(6-7-26-18)19-17-11-29(12-21(23,24)25)8-9-30(17)28-20(19)14-2-4-16(22)5-3-14/h2-7,10,13,31H,8-9,11-12H2,1H3,(H,26,27). The van der Waals surface area contributed by atoms with E-state index in [0.29, 0.717) is 40.4 Å². The summed E-state index contributed by atoms with van der Waals surface area (Å²) in [4.78, 5) is 5.51. The molecule has 0 saturated carbocycles. The summed E-state index contributed by atoms with van der Waals surface area (Å²) in [6.45, 7) is 1.15. The number of alkyl halides is 3. The molecule has 3 aromatic rings. The quantitative estimate of drug-likeness (QED) is 0.470. The van der Waals surface area contributed by atoms with Crippen molar-refractivity contribution in [1.29, 1.82) is 0 Å². The second-order valence-electron chi connectivity index (χ2n) is 7.48. The third-order valence-electron chi connectivity index (χ3n) is 4.99. The summed E-state index contributed by atoms with van der Waals surface area (Å²) in [6, 6.07) is 9.27. The van der Waals surface area contributed by atoms with Crippen molar-refractivity contribution in [2.45, 2.75) is 32.4 Å². The molecule has 0 spiro atoms. The van der Waals surface area contributed by atoms with E-state index in [1.54, 1.807) is 42.1 Å². The molecule has 31 heavy (non-hydrogen) atoms. The van der Waals surface area contributed by atoms with Crippen LogP contribution in [-0.4, -0.2) is 50.3 Å². The van der Waals surface area contributed by atoms with Gasteiger partial charge in [0.05, 0.1) is 18.8 Å². The van der Waals surface area contributed by atoms with Crippen LogP contribution in [0.3, 0.4) is 0 Å². The van der Waals surface area contributed by atoms with Gasteiger partial charge in [-0.25, -0.2) is 9.37 Å². The number of nitrogens with zero attached hydrogens (tertiary/aromatic N) is 4. The number of pyridine rings is 1. The first kappa shape index (κ1) is 21.3. The highest BCUT2D eigenvalue weighted by molar-refractivity contribution is 5.83. The van der Waals surface area contributed by atoms with Gasteiger partial charge in [-0.2, -0.15) is 18.3 Å². The van der Waals surface area contributed by atoms with Gasteiger partial charge in [0.1, 0.15) is 23.6 Å². The zero-order valence-electron chi connectivity index (χ0n) is 16.7. The van der Waals surface area contributed by atoms with Gasteiger partial charge in [0.15, 0.2) is 0 Å². The molecule has 0 radical (unpaired) electrons. The number of aromatic nitrogens is 3. The average molecular weight is 435 g/mol. The zero-order chi connectivity index (χ0) is 22.2. The Morgan fingerprint density at radius 2 is 1.87 bits per heavy atom. The Hall–Kier alpha value is -2.98. The first-order chi connectivity index (χ1) is 14.7. The Balaban J connectivity index is 1.82. The number of hydrogen-bond acceptors (Lipinski definition) is 5. The summed E-state index contributed by atoms with van der Waals surface area (Å²) in [5, 5.41) is 17.1. The van der Waals surface area contributed by atoms with Crippen LogP contribution in [-0.2, 0) is 13.1 Å². The molecule has 0 saturated heterocycles. The van der Waals surface area contributed by atoms with Crippen molar-refractivity contribution in [1.82, 2.24) is 19.7 Å². The minimum atomic E-state index is -4.30. The monoisotopic (exact) mass is 435 g/mol. The third kappa shape index (κ3) is 4.86. The molecule has 3 heterocycles. The number of rotatable bonds is 5. The smallest absolute Gasteiger partial charge is 0.374 e. The van der Waals surface area contributed by atoms with E-state index in [9.17, 15) is 22.7 Å². The molecule has 0 bridgehead atoms. The lowest BCUT2D eigenvalue weighted by Crippen LogP contribution is -2.40. The number of benzene rings is 1. The molecule has 164 valence electrons. The lowest BCUT2D eigenvalue weighted by molar-refractivity contribution is -0.148. The molecule has 2 aromatic heterocycles. The summed E-state index contributed by atoms with van der Waals surface area (Å²) >= 11 is 0. The number of anilines is 1. The van der Waals surface area contributed by atoms with Gasteiger partial charge in [-0.15, -0.1) is 0 Å². The van der Waals surface area contributed by atoms with Crippen molar-refractivity contribution in [2.75, 3.05) is 18.4 Å². The van der Waals surface area contributed by atoms with Crippen LogP contribution in [0.4, 0.5) is 23.4 Å². The van der Waals surface area contributed by atoms with Crippen LogP contribution in [0, 0.1) is 5.82 Å². The van der Waals surface area contributed by atoms with Gasteiger partial charge in [0, 0.05) is 30.4 Å². The molecule has 1 aliphatic heterocycles.